The summed E-state index contributed by atoms with van der Waals surface area (Å²) in [7, 11) is 0. The van der Waals surface area contributed by atoms with Crippen molar-refractivity contribution in [3.63, 3.8) is 0 Å². The maximum atomic E-state index is 4.61. The molecule has 2 aliphatic carbocycles. The van der Waals surface area contributed by atoms with Gasteiger partial charge in [-0.3, -0.25) is 0 Å². The third-order valence-electron chi connectivity index (χ3n) is 5.95. The number of aryl methyl sites for hydroxylation is 2. The molecule has 0 bridgehead atoms. The van der Waals surface area contributed by atoms with E-state index < -0.39 is 0 Å². The predicted octanol–water partition coefficient (Wildman–Crippen LogP) is 3.61. The second-order valence-corrected chi connectivity index (χ2v) is 8.38. The Kier molecular flexibility index (Phi) is 3.52. The molecule has 5 heteroatoms. The quantitative estimate of drug-likeness (QED) is 0.934. The van der Waals surface area contributed by atoms with Crippen LogP contribution in [0.1, 0.15) is 49.0 Å². The Balaban J connectivity index is 1.34. The number of anilines is 1. The van der Waals surface area contributed by atoms with Crippen LogP contribution in [0.15, 0.2) is 6.33 Å². The maximum absolute atomic E-state index is 4.61. The first-order chi connectivity index (χ1) is 11.4. The Morgan fingerprint density at radius 1 is 1.04 bits per heavy atom. The zero-order valence-electron chi connectivity index (χ0n) is 13.6. The van der Waals surface area contributed by atoms with Crippen molar-refractivity contribution >= 4 is 27.4 Å². The van der Waals surface area contributed by atoms with Gasteiger partial charge in [-0.05, 0) is 70.0 Å². The summed E-state index contributed by atoms with van der Waals surface area (Å²) in [6.07, 6.45) is 12.1. The monoisotopic (exact) mass is 328 g/mol. The second-order valence-electron chi connectivity index (χ2n) is 7.30. The second kappa shape index (κ2) is 5.71. The lowest BCUT2D eigenvalue weighted by Crippen LogP contribution is -2.47. The van der Waals surface area contributed by atoms with Crippen molar-refractivity contribution in [2.75, 3.05) is 18.4 Å². The molecule has 2 fully saturated rings. The highest BCUT2D eigenvalue weighted by Gasteiger charge is 2.29. The minimum Gasteiger partial charge on any atom is -0.367 e. The van der Waals surface area contributed by atoms with E-state index in [2.05, 4.69) is 20.2 Å². The van der Waals surface area contributed by atoms with Crippen molar-refractivity contribution in [3.8, 4) is 0 Å². The van der Waals surface area contributed by atoms with Crippen LogP contribution in [0.5, 0.6) is 0 Å². The summed E-state index contributed by atoms with van der Waals surface area (Å²) in [4.78, 5) is 14.5. The Bertz CT molecular complexity index is 713. The summed E-state index contributed by atoms with van der Waals surface area (Å²) in [5.41, 5.74) is 1.53. The average Bonchev–Trinajstić information content (AvgIpc) is 3.08. The fourth-order valence-corrected chi connectivity index (χ4v) is 5.75. The van der Waals surface area contributed by atoms with Gasteiger partial charge in [-0.2, -0.15) is 0 Å². The summed E-state index contributed by atoms with van der Waals surface area (Å²) >= 11 is 1.88. The SMILES string of the molecule is c1nc(N[C@H]2CC[C@H](N3CCC3)CC2)c2c3c(sc2n1)CCC3. The molecule has 1 N–H and O–H groups in total. The third kappa shape index (κ3) is 2.45. The number of fused-ring (bicyclic) bond motifs is 3. The maximum Gasteiger partial charge on any atom is 0.138 e. The van der Waals surface area contributed by atoms with Crippen LogP contribution in [0.25, 0.3) is 10.2 Å². The summed E-state index contributed by atoms with van der Waals surface area (Å²) in [5, 5.41) is 5.10. The van der Waals surface area contributed by atoms with Crippen LogP contribution < -0.4 is 5.32 Å². The van der Waals surface area contributed by atoms with Crippen LogP contribution in [0.2, 0.25) is 0 Å². The van der Waals surface area contributed by atoms with Gasteiger partial charge in [0.25, 0.3) is 0 Å². The molecule has 0 radical (unpaired) electrons. The molecule has 1 aliphatic heterocycles. The number of hydrogen-bond acceptors (Lipinski definition) is 5. The molecule has 5 rings (SSSR count). The first kappa shape index (κ1) is 14.2. The Morgan fingerprint density at radius 2 is 1.91 bits per heavy atom. The highest BCUT2D eigenvalue weighted by atomic mass is 32.1. The molecule has 0 spiro atoms. The number of nitrogens with zero attached hydrogens (tertiary/aromatic N) is 3. The van der Waals surface area contributed by atoms with Gasteiger partial charge in [-0.25, -0.2) is 9.97 Å². The fraction of sp³-hybridized carbons (Fsp3) is 0.667. The van der Waals surface area contributed by atoms with Crippen LogP contribution in [-0.4, -0.2) is 40.0 Å². The van der Waals surface area contributed by atoms with E-state index in [0.29, 0.717) is 6.04 Å². The smallest absolute Gasteiger partial charge is 0.138 e. The number of rotatable bonds is 3. The first-order valence-electron chi connectivity index (χ1n) is 9.14. The van der Waals surface area contributed by atoms with E-state index in [1.165, 1.54) is 80.2 Å². The molecule has 1 saturated carbocycles. The van der Waals surface area contributed by atoms with Gasteiger partial charge in [0.15, 0.2) is 0 Å². The molecule has 2 aromatic rings. The first-order valence-corrected chi connectivity index (χ1v) is 9.96. The minimum atomic E-state index is 0.586. The van der Waals surface area contributed by atoms with Crippen molar-refractivity contribution in [1.29, 1.82) is 0 Å². The lowest BCUT2D eigenvalue weighted by Gasteiger charge is -2.42. The van der Waals surface area contributed by atoms with Gasteiger partial charge in [-0.1, -0.05) is 0 Å². The molecule has 2 aromatic heterocycles. The van der Waals surface area contributed by atoms with Crippen LogP contribution in [0, 0.1) is 0 Å². The largest absolute Gasteiger partial charge is 0.367 e. The van der Waals surface area contributed by atoms with E-state index in [9.17, 15) is 0 Å². The number of thiophene rings is 1. The van der Waals surface area contributed by atoms with E-state index in [1.54, 1.807) is 11.2 Å². The van der Waals surface area contributed by atoms with E-state index in [4.69, 9.17) is 0 Å². The van der Waals surface area contributed by atoms with Gasteiger partial charge in [0, 0.05) is 17.0 Å². The Hall–Kier alpha value is -1.20. The molecule has 0 amide bonds. The molecule has 0 aromatic carbocycles. The topological polar surface area (TPSA) is 41.1 Å². The average molecular weight is 328 g/mol. The van der Waals surface area contributed by atoms with Crippen LogP contribution in [-0.2, 0) is 12.8 Å². The van der Waals surface area contributed by atoms with Gasteiger partial charge < -0.3 is 10.2 Å². The van der Waals surface area contributed by atoms with E-state index in [0.717, 1.165) is 11.9 Å². The lowest BCUT2D eigenvalue weighted by molar-refractivity contribution is 0.0889. The molecule has 23 heavy (non-hydrogen) atoms. The fourth-order valence-electron chi connectivity index (χ4n) is 4.52. The molecular formula is C18H24N4S. The zero-order valence-corrected chi connectivity index (χ0v) is 14.4. The molecule has 0 unspecified atom stereocenters. The molecular weight excluding hydrogens is 304 g/mol. The van der Waals surface area contributed by atoms with Crippen LogP contribution in [0.4, 0.5) is 5.82 Å². The number of likely N-dealkylation sites (tertiary alicyclic amines) is 1. The number of aromatic nitrogens is 2. The minimum absolute atomic E-state index is 0.586. The van der Waals surface area contributed by atoms with Gasteiger partial charge in [0.1, 0.15) is 17.0 Å². The van der Waals surface area contributed by atoms with Crippen molar-refractivity contribution in [1.82, 2.24) is 14.9 Å². The predicted molar refractivity (Wildman–Crippen MR) is 95.3 cm³/mol. The summed E-state index contributed by atoms with van der Waals surface area (Å²) < 4.78 is 0. The van der Waals surface area contributed by atoms with Crippen molar-refractivity contribution in [2.24, 2.45) is 0 Å². The Morgan fingerprint density at radius 3 is 2.70 bits per heavy atom. The molecule has 4 nitrogen and oxygen atoms in total. The van der Waals surface area contributed by atoms with Crippen LogP contribution >= 0.6 is 11.3 Å². The number of nitrogens with one attached hydrogen (secondary N) is 1. The van der Waals surface area contributed by atoms with E-state index in [-0.39, 0.29) is 0 Å². The molecule has 0 atom stereocenters. The van der Waals surface area contributed by atoms with Crippen molar-refractivity contribution in [3.05, 3.63) is 16.8 Å². The third-order valence-corrected chi connectivity index (χ3v) is 7.15. The highest BCUT2D eigenvalue weighted by Crippen LogP contribution is 2.39. The molecule has 3 heterocycles. The highest BCUT2D eigenvalue weighted by molar-refractivity contribution is 7.19. The van der Waals surface area contributed by atoms with Crippen molar-refractivity contribution < 1.29 is 0 Å². The lowest BCUT2D eigenvalue weighted by atomic mass is 9.88. The number of hydrogen-bond donors (Lipinski definition) is 1. The Labute approximate surface area is 141 Å². The molecule has 3 aliphatic rings. The van der Waals surface area contributed by atoms with Crippen LogP contribution in [0.3, 0.4) is 0 Å². The summed E-state index contributed by atoms with van der Waals surface area (Å²) in [6, 6.07) is 1.43. The van der Waals surface area contributed by atoms with E-state index >= 15 is 0 Å². The van der Waals surface area contributed by atoms with Gasteiger partial charge in [0.2, 0.25) is 0 Å². The normalized spacial score (nSPS) is 27.8. The standard InChI is InChI=1S/C18H24N4S/c1-3-14-15(4-1)23-18-16(14)17(19-11-20-18)21-12-5-7-13(8-6-12)22-9-2-10-22/h11-13H,1-10H2,(H,19,20,21)/t12-,13-. The van der Waals surface area contributed by atoms with Gasteiger partial charge in [-0.15, -0.1) is 11.3 Å². The van der Waals surface area contributed by atoms with Gasteiger partial charge >= 0.3 is 0 Å². The molecule has 122 valence electrons. The van der Waals surface area contributed by atoms with Gasteiger partial charge in [0.05, 0.1) is 5.39 Å². The van der Waals surface area contributed by atoms with E-state index in [1.807, 2.05) is 11.3 Å². The summed E-state index contributed by atoms with van der Waals surface area (Å²) in [5.74, 6) is 1.10. The molecule has 1 saturated heterocycles. The zero-order chi connectivity index (χ0) is 15.2. The van der Waals surface area contributed by atoms with Crippen molar-refractivity contribution in [2.45, 2.75) is 63.5 Å². The summed E-state index contributed by atoms with van der Waals surface area (Å²) in [6.45, 7) is 2.66.